The Balaban J connectivity index is 1.84. The van der Waals surface area contributed by atoms with Crippen molar-refractivity contribution in [3.63, 3.8) is 0 Å². The summed E-state index contributed by atoms with van der Waals surface area (Å²) in [5.41, 5.74) is 1.77. The fraction of sp³-hybridized carbons (Fsp3) is 0.214. The number of nitrogens with one attached hydrogen (secondary N) is 2. The van der Waals surface area contributed by atoms with Gasteiger partial charge in [-0.2, -0.15) is 5.10 Å². The van der Waals surface area contributed by atoms with Crippen LogP contribution in [0.2, 0.25) is 0 Å². The van der Waals surface area contributed by atoms with Gasteiger partial charge in [-0.05, 0) is 17.5 Å². The van der Waals surface area contributed by atoms with E-state index in [1.807, 2.05) is 42.3 Å². The van der Waals surface area contributed by atoms with Crippen LogP contribution in [0.1, 0.15) is 11.7 Å². The number of aromatic nitrogens is 1. The largest absolute Gasteiger partial charge is 0.356 e. The highest BCUT2D eigenvalue weighted by Gasteiger charge is 2.43. The minimum Gasteiger partial charge on any atom is -0.356 e. The first-order chi connectivity index (χ1) is 10.6. The maximum atomic E-state index is 11.4. The molecule has 0 fully saturated rings. The van der Waals surface area contributed by atoms with Gasteiger partial charge < -0.3 is 15.2 Å². The molecule has 0 aliphatic carbocycles. The fourth-order valence-corrected chi connectivity index (χ4v) is 2.93. The maximum absolute atomic E-state index is 11.4. The van der Waals surface area contributed by atoms with Crippen LogP contribution in [0.4, 0.5) is 0 Å². The van der Waals surface area contributed by atoms with Gasteiger partial charge in [-0.25, -0.2) is 5.01 Å². The SMILES string of the molecule is CN1C=NN2C(c3cc4ccccc4[nH]3)C([N+](=O)[O-])=CNC12. The Morgan fingerprint density at radius 1 is 1.36 bits per heavy atom. The summed E-state index contributed by atoms with van der Waals surface area (Å²) in [6.07, 6.45) is 2.90. The van der Waals surface area contributed by atoms with Crippen molar-refractivity contribution in [3.05, 3.63) is 58.0 Å². The Kier molecular flexibility index (Phi) is 2.59. The molecule has 1 aromatic carbocycles. The summed E-state index contributed by atoms with van der Waals surface area (Å²) in [6.45, 7) is 0. The van der Waals surface area contributed by atoms with Crippen LogP contribution in [0.3, 0.4) is 0 Å². The number of hydrazone groups is 1. The molecule has 2 aromatic rings. The molecule has 0 radical (unpaired) electrons. The molecular weight excluding hydrogens is 284 g/mol. The van der Waals surface area contributed by atoms with Gasteiger partial charge in [0.25, 0.3) is 5.70 Å². The number of fused-ring (bicyclic) bond motifs is 2. The van der Waals surface area contributed by atoms with Crippen molar-refractivity contribution in [2.75, 3.05) is 7.05 Å². The molecule has 2 aliphatic heterocycles. The van der Waals surface area contributed by atoms with Crippen LogP contribution in [0, 0.1) is 10.1 Å². The van der Waals surface area contributed by atoms with Gasteiger partial charge in [0.1, 0.15) is 6.34 Å². The monoisotopic (exact) mass is 298 g/mol. The van der Waals surface area contributed by atoms with Crippen molar-refractivity contribution < 1.29 is 4.92 Å². The van der Waals surface area contributed by atoms with E-state index in [-0.39, 0.29) is 16.9 Å². The molecule has 2 unspecified atom stereocenters. The number of para-hydroxylation sites is 1. The van der Waals surface area contributed by atoms with Crippen molar-refractivity contribution >= 4 is 17.2 Å². The molecule has 4 rings (SSSR count). The zero-order valence-corrected chi connectivity index (χ0v) is 11.8. The van der Waals surface area contributed by atoms with E-state index in [4.69, 9.17) is 0 Å². The Labute approximate surface area is 125 Å². The second-order valence-corrected chi connectivity index (χ2v) is 5.36. The standard InChI is InChI=1S/C14H14N6O2/c1-18-8-16-19-13(12(20(21)22)7-15-14(18)19)11-6-9-4-2-3-5-10(9)17-11/h2-8,13-15,17H,1H3. The van der Waals surface area contributed by atoms with Gasteiger partial charge in [0.15, 0.2) is 12.3 Å². The average molecular weight is 298 g/mol. The van der Waals surface area contributed by atoms with Crippen molar-refractivity contribution in [3.8, 4) is 0 Å². The third kappa shape index (κ3) is 1.73. The van der Waals surface area contributed by atoms with Crippen LogP contribution < -0.4 is 5.32 Å². The Bertz CT molecular complexity index is 778. The highest BCUT2D eigenvalue weighted by molar-refractivity contribution is 5.80. The number of rotatable bonds is 2. The molecule has 2 atom stereocenters. The van der Waals surface area contributed by atoms with E-state index < -0.39 is 6.04 Å². The lowest BCUT2D eigenvalue weighted by Gasteiger charge is -2.35. The van der Waals surface area contributed by atoms with Crippen LogP contribution in [-0.4, -0.2) is 39.5 Å². The summed E-state index contributed by atoms with van der Waals surface area (Å²) < 4.78 is 0. The highest BCUT2D eigenvalue weighted by Crippen LogP contribution is 2.35. The average Bonchev–Trinajstić information content (AvgIpc) is 3.10. The Hall–Kier alpha value is -3.03. The lowest BCUT2D eigenvalue weighted by Crippen LogP contribution is -2.52. The molecule has 2 aliphatic rings. The van der Waals surface area contributed by atoms with Gasteiger partial charge in [-0.1, -0.05) is 18.2 Å². The predicted molar refractivity (Wildman–Crippen MR) is 81.1 cm³/mol. The molecule has 0 bridgehead atoms. The normalized spacial score (nSPS) is 23.4. The van der Waals surface area contributed by atoms with E-state index in [1.165, 1.54) is 6.20 Å². The maximum Gasteiger partial charge on any atom is 0.291 e. The first-order valence-corrected chi connectivity index (χ1v) is 6.88. The number of nitrogens with zero attached hydrogens (tertiary/aromatic N) is 4. The smallest absolute Gasteiger partial charge is 0.291 e. The van der Waals surface area contributed by atoms with Crippen LogP contribution in [-0.2, 0) is 0 Å². The van der Waals surface area contributed by atoms with E-state index >= 15 is 0 Å². The number of nitro groups is 1. The molecule has 3 heterocycles. The Morgan fingerprint density at radius 3 is 2.95 bits per heavy atom. The van der Waals surface area contributed by atoms with E-state index in [9.17, 15) is 10.1 Å². The van der Waals surface area contributed by atoms with E-state index in [0.717, 1.165) is 16.6 Å². The van der Waals surface area contributed by atoms with Gasteiger partial charge in [-0.3, -0.25) is 10.1 Å². The molecule has 1 aromatic heterocycles. The second kappa shape index (κ2) is 4.48. The number of H-pyrrole nitrogens is 1. The van der Waals surface area contributed by atoms with Crippen LogP contribution in [0.15, 0.2) is 47.3 Å². The zero-order valence-electron chi connectivity index (χ0n) is 11.8. The molecule has 0 spiro atoms. The van der Waals surface area contributed by atoms with Gasteiger partial charge in [-0.15, -0.1) is 0 Å². The summed E-state index contributed by atoms with van der Waals surface area (Å²) in [4.78, 5) is 16.2. The van der Waals surface area contributed by atoms with Gasteiger partial charge in [0, 0.05) is 12.6 Å². The van der Waals surface area contributed by atoms with Crippen LogP contribution in [0.5, 0.6) is 0 Å². The molecule has 2 N–H and O–H groups in total. The fourth-order valence-electron chi connectivity index (χ4n) is 2.93. The molecule has 0 saturated heterocycles. The lowest BCUT2D eigenvalue weighted by molar-refractivity contribution is -0.437. The molecule has 8 heteroatoms. The number of hydrogen-bond acceptors (Lipinski definition) is 6. The third-order valence-electron chi connectivity index (χ3n) is 3.98. The lowest BCUT2D eigenvalue weighted by atomic mass is 10.1. The topological polar surface area (TPSA) is 89.8 Å². The summed E-state index contributed by atoms with van der Waals surface area (Å²) in [6, 6.07) is 9.18. The minimum atomic E-state index is -0.560. The summed E-state index contributed by atoms with van der Waals surface area (Å²) in [5.74, 6) is 0. The minimum absolute atomic E-state index is 0.0651. The molecule has 22 heavy (non-hydrogen) atoms. The van der Waals surface area contributed by atoms with Crippen LogP contribution >= 0.6 is 0 Å². The van der Waals surface area contributed by atoms with Gasteiger partial charge in [0.05, 0.1) is 16.8 Å². The zero-order chi connectivity index (χ0) is 15.3. The third-order valence-corrected chi connectivity index (χ3v) is 3.98. The molecular formula is C14H14N6O2. The predicted octanol–water partition coefficient (Wildman–Crippen LogP) is 1.40. The van der Waals surface area contributed by atoms with E-state index in [2.05, 4.69) is 15.4 Å². The van der Waals surface area contributed by atoms with E-state index in [1.54, 1.807) is 11.3 Å². The number of aromatic amines is 1. The van der Waals surface area contributed by atoms with Crippen molar-refractivity contribution in [1.82, 2.24) is 20.2 Å². The first kappa shape index (κ1) is 12.7. The molecule has 8 nitrogen and oxygen atoms in total. The number of benzene rings is 1. The first-order valence-electron chi connectivity index (χ1n) is 6.88. The van der Waals surface area contributed by atoms with E-state index in [0.29, 0.717) is 0 Å². The molecule has 0 amide bonds. The van der Waals surface area contributed by atoms with Crippen molar-refractivity contribution in [2.45, 2.75) is 12.3 Å². The Morgan fingerprint density at radius 2 is 2.18 bits per heavy atom. The van der Waals surface area contributed by atoms with Gasteiger partial charge >= 0.3 is 0 Å². The molecule has 112 valence electrons. The van der Waals surface area contributed by atoms with Crippen LogP contribution in [0.25, 0.3) is 10.9 Å². The summed E-state index contributed by atoms with van der Waals surface area (Å²) in [7, 11) is 1.87. The quantitative estimate of drug-likeness (QED) is 0.646. The van der Waals surface area contributed by atoms with Gasteiger partial charge in [0.2, 0.25) is 0 Å². The molecule has 0 saturated carbocycles. The summed E-state index contributed by atoms with van der Waals surface area (Å²) >= 11 is 0. The number of hydrogen-bond donors (Lipinski definition) is 2. The second-order valence-electron chi connectivity index (χ2n) is 5.36. The summed E-state index contributed by atoms with van der Waals surface area (Å²) in [5, 5.41) is 21.4. The van der Waals surface area contributed by atoms with Crippen molar-refractivity contribution in [2.24, 2.45) is 5.10 Å². The van der Waals surface area contributed by atoms with Crippen molar-refractivity contribution in [1.29, 1.82) is 0 Å². The highest BCUT2D eigenvalue weighted by atomic mass is 16.6.